The van der Waals surface area contributed by atoms with Crippen molar-refractivity contribution >= 4 is 23.9 Å². The van der Waals surface area contributed by atoms with E-state index >= 15 is 0 Å². The van der Waals surface area contributed by atoms with Crippen LogP contribution in [0.25, 0.3) is 0 Å². The van der Waals surface area contributed by atoms with Crippen molar-refractivity contribution in [3.05, 3.63) is 0 Å². The van der Waals surface area contributed by atoms with Gasteiger partial charge in [-0.05, 0) is 19.8 Å². The molecule has 0 aromatic heterocycles. The maximum atomic E-state index is 11.8. The molecule has 0 aromatic rings. The summed E-state index contributed by atoms with van der Waals surface area (Å²) in [7, 11) is 0. The Hall–Kier alpha value is -2.12. The SMILES string of the molecule is CCCC(=O)OC(C)C(C)(OC(=O)CCC)OC(=O)CCC(=O)O. The van der Waals surface area contributed by atoms with E-state index in [1.165, 1.54) is 13.8 Å². The van der Waals surface area contributed by atoms with Gasteiger partial charge in [-0.15, -0.1) is 0 Å². The molecule has 8 heteroatoms. The van der Waals surface area contributed by atoms with E-state index in [0.29, 0.717) is 12.8 Å². The van der Waals surface area contributed by atoms with Crippen LogP contribution in [-0.2, 0) is 33.4 Å². The summed E-state index contributed by atoms with van der Waals surface area (Å²) in [6.45, 7) is 6.33. The number of rotatable bonds is 11. The number of carboxylic acid groups (broad SMARTS) is 1. The number of ether oxygens (including phenoxy) is 3. The number of aliphatic carboxylic acids is 1. The molecule has 2 unspecified atom stereocenters. The lowest BCUT2D eigenvalue weighted by Crippen LogP contribution is -2.48. The Labute approximate surface area is 141 Å². The van der Waals surface area contributed by atoms with E-state index in [1.54, 1.807) is 13.8 Å². The maximum Gasteiger partial charge on any atom is 0.309 e. The molecule has 0 amide bonds. The summed E-state index contributed by atoms with van der Waals surface area (Å²) >= 11 is 0. The highest BCUT2D eigenvalue weighted by Gasteiger charge is 2.42. The van der Waals surface area contributed by atoms with Gasteiger partial charge in [0.15, 0.2) is 6.10 Å². The minimum atomic E-state index is -1.81. The molecule has 0 heterocycles. The smallest absolute Gasteiger partial charge is 0.309 e. The van der Waals surface area contributed by atoms with Crippen LogP contribution >= 0.6 is 0 Å². The number of carbonyl (C=O) groups excluding carboxylic acids is 3. The average molecular weight is 346 g/mol. The first-order chi connectivity index (χ1) is 11.1. The van der Waals surface area contributed by atoms with Gasteiger partial charge < -0.3 is 19.3 Å². The number of hydrogen-bond acceptors (Lipinski definition) is 7. The number of esters is 3. The number of hydrogen-bond donors (Lipinski definition) is 1. The van der Waals surface area contributed by atoms with E-state index in [9.17, 15) is 19.2 Å². The Bertz CT molecular complexity index is 459. The Morgan fingerprint density at radius 1 is 0.875 bits per heavy atom. The minimum absolute atomic E-state index is 0.109. The Morgan fingerprint density at radius 3 is 1.79 bits per heavy atom. The predicted octanol–water partition coefficient (Wildman–Crippen LogP) is 2.19. The highest BCUT2D eigenvalue weighted by Crippen LogP contribution is 2.23. The third-order valence-electron chi connectivity index (χ3n) is 3.13. The predicted molar refractivity (Wildman–Crippen MR) is 82.8 cm³/mol. The van der Waals surface area contributed by atoms with Crippen LogP contribution in [0.15, 0.2) is 0 Å². The molecular weight excluding hydrogens is 320 g/mol. The molecule has 8 nitrogen and oxygen atoms in total. The zero-order valence-electron chi connectivity index (χ0n) is 14.6. The number of carbonyl (C=O) groups is 4. The molecule has 0 saturated carbocycles. The van der Waals surface area contributed by atoms with Crippen LogP contribution in [0.5, 0.6) is 0 Å². The highest BCUT2D eigenvalue weighted by atomic mass is 16.8. The van der Waals surface area contributed by atoms with E-state index in [-0.39, 0.29) is 19.3 Å². The minimum Gasteiger partial charge on any atom is -0.481 e. The van der Waals surface area contributed by atoms with Crippen LogP contribution < -0.4 is 0 Å². The third-order valence-corrected chi connectivity index (χ3v) is 3.13. The molecule has 0 aliphatic heterocycles. The van der Waals surface area contributed by atoms with Crippen LogP contribution in [-0.4, -0.2) is 40.9 Å². The van der Waals surface area contributed by atoms with Crippen LogP contribution in [0.4, 0.5) is 0 Å². The topological polar surface area (TPSA) is 116 Å². The molecule has 0 aromatic carbocycles. The van der Waals surface area contributed by atoms with Crippen molar-refractivity contribution in [1.29, 1.82) is 0 Å². The second-order valence-electron chi connectivity index (χ2n) is 5.49. The zero-order valence-corrected chi connectivity index (χ0v) is 14.6. The van der Waals surface area contributed by atoms with Crippen LogP contribution in [0.1, 0.15) is 66.2 Å². The van der Waals surface area contributed by atoms with E-state index in [0.717, 1.165) is 0 Å². The van der Waals surface area contributed by atoms with Crippen molar-refractivity contribution in [3.8, 4) is 0 Å². The summed E-state index contributed by atoms with van der Waals surface area (Å²) in [5.41, 5.74) is 0. The van der Waals surface area contributed by atoms with Crippen molar-refractivity contribution in [1.82, 2.24) is 0 Å². The summed E-state index contributed by atoms with van der Waals surface area (Å²) < 4.78 is 15.5. The first-order valence-electron chi connectivity index (χ1n) is 7.99. The van der Waals surface area contributed by atoms with Crippen molar-refractivity contribution < 1.29 is 38.5 Å². The van der Waals surface area contributed by atoms with Crippen LogP contribution in [0.3, 0.4) is 0 Å². The lowest BCUT2D eigenvalue weighted by molar-refractivity contribution is -0.256. The second-order valence-corrected chi connectivity index (χ2v) is 5.49. The first kappa shape index (κ1) is 21.9. The van der Waals surface area contributed by atoms with Crippen LogP contribution in [0.2, 0.25) is 0 Å². The fourth-order valence-electron chi connectivity index (χ4n) is 1.72. The van der Waals surface area contributed by atoms with Gasteiger partial charge in [-0.1, -0.05) is 13.8 Å². The lowest BCUT2D eigenvalue weighted by atomic mass is 10.1. The molecule has 0 aliphatic carbocycles. The van der Waals surface area contributed by atoms with Gasteiger partial charge in [0.2, 0.25) is 0 Å². The third kappa shape index (κ3) is 8.50. The van der Waals surface area contributed by atoms with Crippen molar-refractivity contribution in [3.63, 3.8) is 0 Å². The summed E-state index contributed by atoms with van der Waals surface area (Å²) in [6.07, 6.45) is -0.435. The summed E-state index contributed by atoms with van der Waals surface area (Å²) in [6, 6.07) is 0. The average Bonchev–Trinajstić information content (AvgIpc) is 2.45. The monoisotopic (exact) mass is 346 g/mol. The van der Waals surface area contributed by atoms with Gasteiger partial charge in [-0.2, -0.15) is 0 Å². The molecule has 138 valence electrons. The summed E-state index contributed by atoms with van der Waals surface area (Å²) in [5.74, 6) is -4.94. The fourth-order valence-corrected chi connectivity index (χ4v) is 1.72. The van der Waals surface area contributed by atoms with Gasteiger partial charge in [0.25, 0.3) is 5.79 Å². The Balaban J connectivity index is 5.04. The lowest BCUT2D eigenvalue weighted by Gasteiger charge is -2.33. The molecule has 24 heavy (non-hydrogen) atoms. The van der Waals surface area contributed by atoms with Gasteiger partial charge >= 0.3 is 23.9 Å². The second kappa shape index (κ2) is 10.6. The fraction of sp³-hybridized carbons (Fsp3) is 0.750. The van der Waals surface area contributed by atoms with E-state index in [2.05, 4.69) is 0 Å². The Morgan fingerprint density at radius 2 is 1.33 bits per heavy atom. The number of carboxylic acids is 1. The highest BCUT2D eigenvalue weighted by molar-refractivity contribution is 5.77. The van der Waals surface area contributed by atoms with Crippen LogP contribution in [0, 0.1) is 0 Å². The van der Waals surface area contributed by atoms with Crippen molar-refractivity contribution in [2.75, 3.05) is 0 Å². The van der Waals surface area contributed by atoms with Gasteiger partial charge in [0, 0.05) is 19.8 Å². The quantitative estimate of drug-likeness (QED) is 0.447. The van der Waals surface area contributed by atoms with Gasteiger partial charge in [0.1, 0.15) is 0 Å². The molecule has 0 spiro atoms. The standard InChI is InChI=1S/C16H26O8/c1-5-7-13(19)22-11(3)16(4,23-14(20)8-6-2)24-15(21)10-9-12(17)18/h11H,5-10H2,1-4H3,(H,17,18). The maximum absolute atomic E-state index is 11.8. The molecule has 2 atom stereocenters. The molecule has 0 rings (SSSR count). The molecule has 0 aliphatic rings. The molecule has 0 fully saturated rings. The first-order valence-corrected chi connectivity index (χ1v) is 7.99. The largest absolute Gasteiger partial charge is 0.481 e. The summed E-state index contributed by atoms with van der Waals surface area (Å²) in [5, 5.41) is 8.60. The van der Waals surface area contributed by atoms with Crippen molar-refractivity contribution in [2.24, 2.45) is 0 Å². The van der Waals surface area contributed by atoms with Crippen molar-refractivity contribution in [2.45, 2.75) is 78.1 Å². The molecule has 0 saturated heterocycles. The zero-order chi connectivity index (χ0) is 18.8. The normalized spacial score (nSPS) is 14.2. The molecule has 1 N–H and O–H groups in total. The van der Waals surface area contributed by atoms with Gasteiger partial charge in [-0.3, -0.25) is 19.2 Å². The van der Waals surface area contributed by atoms with E-state index in [4.69, 9.17) is 19.3 Å². The molecule has 0 radical (unpaired) electrons. The van der Waals surface area contributed by atoms with Gasteiger partial charge in [-0.25, -0.2) is 0 Å². The Kier molecular flexibility index (Phi) is 9.68. The van der Waals surface area contributed by atoms with E-state index in [1.807, 2.05) is 0 Å². The summed E-state index contributed by atoms with van der Waals surface area (Å²) in [4.78, 5) is 45.7. The van der Waals surface area contributed by atoms with Gasteiger partial charge in [0.05, 0.1) is 12.8 Å². The van der Waals surface area contributed by atoms with E-state index < -0.39 is 42.2 Å². The molecule has 0 bridgehead atoms. The molecular formula is C16H26O8.